The van der Waals surface area contributed by atoms with E-state index in [0.717, 1.165) is 13.2 Å². The summed E-state index contributed by atoms with van der Waals surface area (Å²) in [5.74, 6) is 0. The molecule has 1 fully saturated rings. The molecule has 18 heavy (non-hydrogen) atoms. The van der Waals surface area contributed by atoms with Gasteiger partial charge in [-0.3, -0.25) is 0 Å². The monoisotopic (exact) mass is 267 g/mol. The minimum Gasteiger partial charge on any atom is -0.377 e. The number of ether oxygens (including phenoxy) is 1. The summed E-state index contributed by atoms with van der Waals surface area (Å²) in [7, 11) is 0. The fourth-order valence-corrected chi connectivity index (χ4v) is 3.42. The van der Waals surface area contributed by atoms with Crippen LogP contribution in [-0.4, -0.2) is 19.3 Å². The van der Waals surface area contributed by atoms with Crippen molar-refractivity contribution in [2.24, 2.45) is 0 Å². The summed E-state index contributed by atoms with van der Waals surface area (Å²) in [6.07, 6.45) is 7.15. The van der Waals surface area contributed by atoms with Gasteiger partial charge in [0, 0.05) is 22.3 Å². The van der Waals surface area contributed by atoms with Gasteiger partial charge in [-0.25, -0.2) is 0 Å². The van der Waals surface area contributed by atoms with E-state index in [-0.39, 0.29) is 0 Å². The minimum absolute atomic E-state index is 0.443. The second-order valence-corrected chi connectivity index (χ2v) is 6.57. The Balaban J connectivity index is 1.60. The van der Waals surface area contributed by atoms with E-state index in [0.29, 0.717) is 12.1 Å². The molecule has 1 aliphatic carbocycles. The van der Waals surface area contributed by atoms with E-state index < -0.39 is 0 Å². The van der Waals surface area contributed by atoms with Crippen molar-refractivity contribution in [1.82, 2.24) is 5.32 Å². The maximum atomic E-state index is 5.92. The second-order valence-electron chi connectivity index (χ2n) is 5.26. The molecule has 0 aliphatic heterocycles. The maximum Gasteiger partial charge on any atom is 0.0594 e. The Labute approximate surface area is 115 Å². The van der Waals surface area contributed by atoms with Crippen LogP contribution in [0.5, 0.6) is 0 Å². The van der Waals surface area contributed by atoms with Gasteiger partial charge in [-0.15, -0.1) is 11.3 Å². The fraction of sp³-hybridized carbons (Fsp3) is 0.733. The van der Waals surface area contributed by atoms with Crippen LogP contribution in [0, 0.1) is 6.92 Å². The highest BCUT2D eigenvalue weighted by Gasteiger charge is 2.13. The van der Waals surface area contributed by atoms with Crippen molar-refractivity contribution in [2.45, 2.75) is 58.1 Å². The standard InChI is InChI=1S/C15H25NOS/c1-12-8-9-15(18-12)13(2)16-10-11-17-14-6-4-3-5-7-14/h8-9,13-14,16H,3-7,10-11H2,1-2H3. The van der Waals surface area contributed by atoms with Crippen LogP contribution in [0.3, 0.4) is 0 Å². The minimum atomic E-state index is 0.443. The Morgan fingerprint density at radius 3 is 2.78 bits per heavy atom. The van der Waals surface area contributed by atoms with Crippen LogP contribution in [0.4, 0.5) is 0 Å². The van der Waals surface area contributed by atoms with Gasteiger partial charge >= 0.3 is 0 Å². The molecule has 1 aromatic rings. The molecule has 1 aliphatic rings. The van der Waals surface area contributed by atoms with Gasteiger partial charge < -0.3 is 10.1 Å². The molecular formula is C15H25NOS. The normalized spacial score (nSPS) is 19.0. The van der Waals surface area contributed by atoms with E-state index in [1.54, 1.807) is 0 Å². The van der Waals surface area contributed by atoms with E-state index in [1.165, 1.54) is 41.9 Å². The number of hydrogen-bond donors (Lipinski definition) is 1. The molecule has 0 saturated heterocycles. The topological polar surface area (TPSA) is 21.3 Å². The lowest BCUT2D eigenvalue weighted by molar-refractivity contribution is 0.0296. The lowest BCUT2D eigenvalue weighted by Gasteiger charge is -2.22. The SMILES string of the molecule is Cc1ccc(C(C)NCCOC2CCCCC2)s1. The summed E-state index contributed by atoms with van der Waals surface area (Å²) in [6.45, 7) is 6.19. The number of hydrogen-bond acceptors (Lipinski definition) is 3. The van der Waals surface area contributed by atoms with Crippen molar-refractivity contribution in [3.8, 4) is 0 Å². The average molecular weight is 267 g/mol. The molecule has 1 atom stereocenters. The van der Waals surface area contributed by atoms with E-state index in [9.17, 15) is 0 Å². The second kappa shape index (κ2) is 7.27. The first-order chi connectivity index (χ1) is 8.75. The van der Waals surface area contributed by atoms with Gasteiger partial charge in [-0.05, 0) is 38.8 Å². The molecule has 1 unspecified atom stereocenters. The Morgan fingerprint density at radius 2 is 2.11 bits per heavy atom. The van der Waals surface area contributed by atoms with Gasteiger partial charge in [0.25, 0.3) is 0 Å². The third kappa shape index (κ3) is 4.38. The predicted octanol–water partition coefficient (Wildman–Crippen LogP) is 4.06. The van der Waals surface area contributed by atoms with Gasteiger partial charge in [0.2, 0.25) is 0 Å². The molecule has 0 radical (unpaired) electrons. The fourth-order valence-electron chi connectivity index (χ4n) is 2.52. The van der Waals surface area contributed by atoms with Crippen molar-refractivity contribution in [3.05, 3.63) is 21.9 Å². The van der Waals surface area contributed by atoms with Crippen LogP contribution >= 0.6 is 11.3 Å². The highest BCUT2D eigenvalue weighted by molar-refractivity contribution is 7.12. The molecule has 0 amide bonds. The summed E-state index contributed by atoms with van der Waals surface area (Å²) in [6, 6.07) is 4.86. The zero-order valence-corrected chi connectivity index (χ0v) is 12.4. The Morgan fingerprint density at radius 1 is 1.33 bits per heavy atom. The molecular weight excluding hydrogens is 242 g/mol. The van der Waals surface area contributed by atoms with Crippen LogP contribution < -0.4 is 5.32 Å². The van der Waals surface area contributed by atoms with Crippen molar-refractivity contribution in [3.63, 3.8) is 0 Å². The van der Waals surface area contributed by atoms with Crippen LogP contribution in [0.2, 0.25) is 0 Å². The Kier molecular flexibility index (Phi) is 5.67. The molecule has 1 N–H and O–H groups in total. The summed E-state index contributed by atoms with van der Waals surface area (Å²) in [5.41, 5.74) is 0. The highest BCUT2D eigenvalue weighted by Crippen LogP contribution is 2.22. The first kappa shape index (κ1) is 14.0. The van der Waals surface area contributed by atoms with Gasteiger partial charge in [0.05, 0.1) is 12.7 Å². The van der Waals surface area contributed by atoms with Crippen LogP contribution in [0.15, 0.2) is 12.1 Å². The number of rotatable bonds is 6. The average Bonchev–Trinajstić information content (AvgIpc) is 2.82. The number of thiophene rings is 1. The molecule has 0 bridgehead atoms. The predicted molar refractivity (Wildman–Crippen MR) is 78.3 cm³/mol. The van der Waals surface area contributed by atoms with Crippen molar-refractivity contribution in [1.29, 1.82) is 0 Å². The molecule has 2 rings (SSSR count). The summed E-state index contributed by atoms with van der Waals surface area (Å²) in [4.78, 5) is 2.81. The molecule has 3 heteroatoms. The Bertz CT molecular complexity index is 344. The van der Waals surface area contributed by atoms with Crippen molar-refractivity contribution >= 4 is 11.3 Å². The van der Waals surface area contributed by atoms with E-state index >= 15 is 0 Å². The smallest absolute Gasteiger partial charge is 0.0594 e. The third-order valence-corrected chi connectivity index (χ3v) is 4.83. The molecule has 1 aromatic heterocycles. The first-order valence-corrected chi connectivity index (χ1v) is 7.98. The quantitative estimate of drug-likeness (QED) is 0.785. The highest BCUT2D eigenvalue weighted by atomic mass is 32.1. The van der Waals surface area contributed by atoms with Crippen LogP contribution in [0.1, 0.15) is 54.8 Å². The Hall–Kier alpha value is -0.380. The summed E-state index contributed by atoms with van der Waals surface area (Å²) in [5, 5.41) is 3.54. The van der Waals surface area contributed by atoms with Crippen molar-refractivity contribution < 1.29 is 4.74 Å². The van der Waals surface area contributed by atoms with Gasteiger partial charge in [-0.2, -0.15) is 0 Å². The lowest BCUT2D eigenvalue weighted by atomic mass is 9.98. The zero-order valence-electron chi connectivity index (χ0n) is 11.6. The molecule has 1 heterocycles. The number of nitrogens with one attached hydrogen (secondary N) is 1. The third-order valence-electron chi connectivity index (χ3n) is 3.65. The summed E-state index contributed by atoms with van der Waals surface area (Å²) >= 11 is 1.88. The molecule has 102 valence electrons. The molecule has 1 saturated carbocycles. The van der Waals surface area contributed by atoms with Gasteiger partial charge in [0.1, 0.15) is 0 Å². The number of aryl methyl sites for hydroxylation is 1. The molecule has 0 spiro atoms. The molecule has 2 nitrogen and oxygen atoms in total. The van der Waals surface area contributed by atoms with E-state index in [2.05, 4.69) is 31.3 Å². The van der Waals surface area contributed by atoms with Crippen molar-refractivity contribution in [2.75, 3.05) is 13.2 Å². The van der Waals surface area contributed by atoms with Crippen LogP contribution in [0.25, 0.3) is 0 Å². The van der Waals surface area contributed by atoms with E-state index in [4.69, 9.17) is 4.74 Å². The maximum absolute atomic E-state index is 5.92. The lowest BCUT2D eigenvalue weighted by Crippen LogP contribution is -2.26. The summed E-state index contributed by atoms with van der Waals surface area (Å²) < 4.78 is 5.92. The van der Waals surface area contributed by atoms with E-state index in [1.807, 2.05) is 11.3 Å². The largest absolute Gasteiger partial charge is 0.377 e. The zero-order chi connectivity index (χ0) is 12.8. The van der Waals surface area contributed by atoms with Gasteiger partial charge in [0.15, 0.2) is 0 Å². The molecule has 0 aromatic carbocycles. The van der Waals surface area contributed by atoms with Gasteiger partial charge in [-0.1, -0.05) is 19.3 Å². The van der Waals surface area contributed by atoms with Crippen LogP contribution in [-0.2, 0) is 4.74 Å². The first-order valence-electron chi connectivity index (χ1n) is 7.17.